The van der Waals surface area contributed by atoms with Gasteiger partial charge in [-0.2, -0.15) is 4.68 Å². The SMILES string of the molecule is COc1ccc(OC)c(C2C=C(c3ccc(Cl)cc3)Nc3nnnn32)c1. The van der Waals surface area contributed by atoms with Crippen LogP contribution in [0, 0.1) is 0 Å². The molecule has 1 unspecified atom stereocenters. The van der Waals surface area contributed by atoms with Crippen LogP contribution >= 0.6 is 11.6 Å². The molecule has 0 bridgehead atoms. The second-order valence-electron chi connectivity index (χ2n) is 5.71. The van der Waals surface area contributed by atoms with E-state index < -0.39 is 0 Å². The Balaban J connectivity index is 1.85. The number of hydrogen-bond donors (Lipinski definition) is 1. The number of tetrazole rings is 1. The molecular weight excluding hydrogens is 354 g/mol. The fourth-order valence-electron chi connectivity index (χ4n) is 2.94. The minimum Gasteiger partial charge on any atom is -0.497 e. The monoisotopic (exact) mass is 369 g/mol. The van der Waals surface area contributed by atoms with Gasteiger partial charge in [0.05, 0.1) is 14.2 Å². The lowest BCUT2D eigenvalue weighted by molar-refractivity contribution is 0.393. The average molecular weight is 370 g/mol. The molecule has 0 spiro atoms. The molecule has 26 heavy (non-hydrogen) atoms. The second kappa shape index (κ2) is 6.68. The molecule has 0 amide bonds. The summed E-state index contributed by atoms with van der Waals surface area (Å²) in [5.74, 6) is 2.01. The predicted molar refractivity (Wildman–Crippen MR) is 98.6 cm³/mol. The number of methoxy groups -OCH3 is 2. The molecule has 1 aliphatic rings. The van der Waals surface area contributed by atoms with E-state index in [9.17, 15) is 0 Å². The number of ether oxygens (including phenoxy) is 2. The Bertz CT molecular complexity index is 968. The number of aromatic nitrogens is 4. The van der Waals surface area contributed by atoms with Crippen LogP contribution < -0.4 is 14.8 Å². The summed E-state index contributed by atoms with van der Waals surface area (Å²) in [6.45, 7) is 0. The summed E-state index contributed by atoms with van der Waals surface area (Å²) in [5, 5.41) is 15.9. The Hall–Kier alpha value is -3.06. The van der Waals surface area contributed by atoms with Crippen molar-refractivity contribution >= 4 is 23.2 Å². The van der Waals surface area contributed by atoms with Crippen molar-refractivity contribution in [2.45, 2.75) is 6.04 Å². The zero-order chi connectivity index (χ0) is 18.1. The number of halogens is 1. The van der Waals surface area contributed by atoms with Crippen LogP contribution in [-0.2, 0) is 0 Å². The molecule has 0 fully saturated rings. The molecule has 0 saturated heterocycles. The van der Waals surface area contributed by atoms with Gasteiger partial charge >= 0.3 is 0 Å². The van der Waals surface area contributed by atoms with Gasteiger partial charge in [0, 0.05) is 16.3 Å². The van der Waals surface area contributed by atoms with E-state index in [0.29, 0.717) is 11.0 Å². The summed E-state index contributed by atoms with van der Waals surface area (Å²) >= 11 is 6.00. The maximum atomic E-state index is 6.00. The fourth-order valence-corrected chi connectivity index (χ4v) is 3.07. The summed E-state index contributed by atoms with van der Waals surface area (Å²) in [7, 11) is 3.27. The Labute approximate surface area is 155 Å². The average Bonchev–Trinajstić information content (AvgIpc) is 3.16. The van der Waals surface area contributed by atoms with Gasteiger partial charge in [0.1, 0.15) is 17.5 Å². The summed E-state index contributed by atoms with van der Waals surface area (Å²) in [5.41, 5.74) is 2.77. The molecule has 0 radical (unpaired) electrons. The third kappa shape index (κ3) is 2.86. The second-order valence-corrected chi connectivity index (χ2v) is 6.15. The number of nitrogens with zero attached hydrogens (tertiary/aromatic N) is 4. The molecule has 1 atom stereocenters. The third-order valence-electron chi connectivity index (χ3n) is 4.24. The van der Waals surface area contributed by atoms with Gasteiger partial charge in [0.2, 0.25) is 5.95 Å². The van der Waals surface area contributed by atoms with Crippen molar-refractivity contribution in [2.75, 3.05) is 19.5 Å². The molecular formula is C18H16ClN5O2. The Kier molecular flexibility index (Phi) is 4.22. The van der Waals surface area contributed by atoms with Crippen molar-refractivity contribution in [2.24, 2.45) is 0 Å². The summed E-state index contributed by atoms with van der Waals surface area (Å²) in [6.07, 6.45) is 2.05. The normalized spacial score (nSPS) is 15.7. The van der Waals surface area contributed by atoms with Crippen LogP contribution in [0.15, 0.2) is 48.5 Å². The van der Waals surface area contributed by atoms with E-state index in [1.54, 1.807) is 18.9 Å². The number of benzene rings is 2. The lowest BCUT2D eigenvalue weighted by atomic mass is 10.0. The number of rotatable bonds is 4. The fraction of sp³-hybridized carbons (Fsp3) is 0.167. The van der Waals surface area contributed by atoms with E-state index in [0.717, 1.165) is 28.3 Å². The third-order valence-corrected chi connectivity index (χ3v) is 4.49. The van der Waals surface area contributed by atoms with Crippen molar-refractivity contribution in [3.05, 3.63) is 64.7 Å². The van der Waals surface area contributed by atoms with Crippen LogP contribution in [0.4, 0.5) is 5.95 Å². The Morgan fingerprint density at radius 2 is 1.88 bits per heavy atom. The number of nitrogens with one attached hydrogen (secondary N) is 1. The molecule has 2 heterocycles. The number of anilines is 1. The van der Waals surface area contributed by atoms with Crippen molar-refractivity contribution in [1.29, 1.82) is 0 Å². The molecule has 0 aliphatic carbocycles. The van der Waals surface area contributed by atoms with E-state index in [1.807, 2.05) is 48.5 Å². The van der Waals surface area contributed by atoms with Crippen LogP contribution in [0.25, 0.3) is 5.70 Å². The molecule has 1 N–H and O–H groups in total. The van der Waals surface area contributed by atoms with Gasteiger partial charge in [-0.3, -0.25) is 0 Å². The van der Waals surface area contributed by atoms with Gasteiger partial charge in [-0.05, 0) is 52.4 Å². The van der Waals surface area contributed by atoms with E-state index in [-0.39, 0.29) is 6.04 Å². The number of hydrogen-bond acceptors (Lipinski definition) is 6. The minimum atomic E-state index is -0.253. The van der Waals surface area contributed by atoms with Crippen LogP contribution in [0.1, 0.15) is 17.2 Å². The standard InChI is InChI=1S/C18H16ClN5O2/c1-25-13-7-8-17(26-2)14(9-13)16-10-15(11-3-5-12(19)6-4-11)20-18-21-22-23-24(16)18/h3-10,16H,1-2H3,(H,20,21,23). The molecule has 1 aromatic heterocycles. The molecule has 8 heteroatoms. The van der Waals surface area contributed by atoms with E-state index >= 15 is 0 Å². The Morgan fingerprint density at radius 3 is 2.62 bits per heavy atom. The van der Waals surface area contributed by atoms with Gasteiger partial charge in [-0.15, -0.1) is 0 Å². The molecule has 0 saturated carbocycles. The first-order valence-electron chi connectivity index (χ1n) is 7.94. The lowest BCUT2D eigenvalue weighted by Gasteiger charge is -2.25. The molecule has 1 aliphatic heterocycles. The topological polar surface area (TPSA) is 74.1 Å². The van der Waals surface area contributed by atoms with Crippen molar-refractivity contribution in [1.82, 2.24) is 20.2 Å². The van der Waals surface area contributed by atoms with Crippen LogP contribution in [0.5, 0.6) is 11.5 Å². The van der Waals surface area contributed by atoms with Crippen LogP contribution in [0.3, 0.4) is 0 Å². The highest BCUT2D eigenvalue weighted by molar-refractivity contribution is 6.30. The van der Waals surface area contributed by atoms with E-state index in [4.69, 9.17) is 21.1 Å². The summed E-state index contributed by atoms with van der Waals surface area (Å²) in [4.78, 5) is 0. The molecule has 132 valence electrons. The lowest BCUT2D eigenvalue weighted by Crippen LogP contribution is -2.20. The van der Waals surface area contributed by atoms with Gasteiger partial charge in [0.15, 0.2) is 0 Å². The number of fused-ring (bicyclic) bond motifs is 1. The summed E-state index contributed by atoms with van der Waals surface area (Å²) < 4.78 is 12.6. The van der Waals surface area contributed by atoms with Crippen LogP contribution in [0.2, 0.25) is 5.02 Å². The van der Waals surface area contributed by atoms with Gasteiger partial charge in [-0.25, -0.2) is 0 Å². The van der Waals surface area contributed by atoms with E-state index in [1.165, 1.54) is 0 Å². The minimum absolute atomic E-state index is 0.253. The van der Waals surface area contributed by atoms with E-state index in [2.05, 4.69) is 20.8 Å². The quantitative estimate of drug-likeness (QED) is 0.759. The largest absolute Gasteiger partial charge is 0.497 e. The molecule has 4 rings (SSSR count). The van der Waals surface area contributed by atoms with Crippen LogP contribution in [-0.4, -0.2) is 34.4 Å². The summed E-state index contributed by atoms with van der Waals surface area (Å²) in [6, 6.07) is 13.0. The zero-order valence-electron chi connectivity index (χ0n) is 14.2. The first-order chi connectivity index (χ1) is 12.7. The van der Waals surface area contributed by atoms with Gasteiger partial charge < -0.3 is 14.8 Å². The smallest absolute Gasteiger partial charge is 0.248 e. The first-order valence-corrected chi connectivity index (χ1v) is 8.32. The highest BCUT2D eigenvalue weighted by Crippen LogP contribution is 2.37. The highest BCUT2D eigenvalue weighted by atomic mass is 35.5. The van der Waals surface area contributed by atoms with Crippen molar-refractivity contribution < 1.29 is 9.47 Å². The van der Waals surface area contributed by atoms with Crippen molar-refractivity contribution in [3.63, 3.8) is 0 Å². The highest BCUT2D eigenvalue weighted by Gasteiger charge is 2.27. The molecule has 2 aromatic carbocycles. The maximum absolute atomic E-state index is 6.00. The number of allylic oxidation sites excluding steroid dienone is 1. The maximum Gasteiger partial charge on any atom is 0.248 e. The predicted octanol–water partition coefficient (Wildman–Crippen LogP) is 3.40. The van der Waals surface area contributed by atoms with Crippen molar-refractivity contribution in [3.8, 4) is 11.5 Å². The van der Waals surface area contributed by atoms with Gasteiger partial charge in [-0.1, -0.05) is 28.8 Å². The molecule has 7 nitrogen and oxygen atoms in total. The first kappa shape index (κ1) is 16.4. The Morgan fingerprint density at radius 1 is 1.08 bits per heavy atom. The zero-order valence-corrected chi connectivity index (χ0v) is 14.9. The van der Waals surface area contributed by atoms with Gasteiger partial charge in [0.25, 0.3) is 0 Å². The molecule has 3 aromatic rings.